The number of anilines is 1. The lowest BCUT2D eigenvalue weighted by Gasteiger charge is -2.15. The number of hydrogen-bond acceptors (Lipinski definition) is 1. The fourth-order valence-corrected chi connectivity index (χ4v) is 2.16. The Morgan fingerprint density at radius 3 is 2.45 bits per heavy atom. The second-order valence-corrected chi connectivity index (χ2v) is 4.90. The standard InChI is InChI=1S/C15H13ClF3N/c1-10-8-12(16)7-6-11(10)9-20-14-5-3-2-4-13(14)15(17,18)19/h2-8,20H,9H2,1H3. The van der Waals surface area contributed by atoms with Gasteiger partial charge in [-0.25, -0.2) is 0 Å². The molecule has 1 N–H and O–H groups in total. The Balaban J connectivity index is 2.19. The lowest BCUT2D eigenvalue weighted by Crippen LogP contribution is -2.11. The minimum Gasteiger partial charge on any atom is -0.380 e. The summed E-state index contributed by atoms with van der Waals surface area (Å²) < 4.78 is 38.5. The highest BCUT2D eigenvalue weighted by molar-refractivity contribution is 6.30. The van der Waals surface area contributed by atoms with Crippen molar-refractivity contribution in [2.45, 2.75) is 19.6 Å². The van der Waals surface area contributed by atoms with Gasteiger partial charge in [0.15, 0.2) is 0 Å². The maximum absolute atomic E-state index is 12.8. The smallest absolute Gasteiger partial charge is 0.380 e. The Morgan fingerprint density at radius 2 is 1.80 bits per heavy atom. The summed E-state index contributed by atoms with van der Waals surface area (Å²) in [6.45, 7) is 2.19. The van der Waals surface area contributed by atoms with E-state index < -0.39 is 11.7 Å². The molecular weight excluding hydrogens is 287 g/mol. The topological polar surface area (TPSA) is 12.0 Å². The van der Waals surface area contributed by atoms with Crippen LogP contribution in [0.4, 0.5) is 18.9 Å². The van der Waals surface area contributed by atoms with E-state index in [1.165, 1.54) is 12.1 Å². The molecule has 0 saturated heterocycles. The van der Waals surface area contributed by atoms with Gasteiger partial charge in [-0.1, -0.05) is 29.8 Å². The van der Waals surface area contributed by atoms with Crippen LogP contribution in [-0.4, -0.2) is 0 Å². The maximum atomic E-state index is 12.8. The molecule has 0 aliphatic heterocycles. The van der Waals surface area contributed by atoms with E-state index in [4.69, 9.17) is 11.6 Å². The number of halogens is 4. The van der Waals surface area contributed by atoms with Gasteiger partial charge >= 0.3 is 6.18 Å². The van der Waals surface area contributed by atoms with Crippen LogP contribution in [0.1, 0.15) is 16.7 Å². The number of aryl methyl sites for hydroxylation is 1. The quantitative estimate of drug-likeness (QED) is 0.813. The summed E-state index contributed by atoms with van der Waals surface area (Å²) in [6.07, 6.45) is -4.36. The lowest BCUT2D eigenvalue weighted by atomic mass is 10.1. The first-order chi connectivity index (χ1) is 9.38. The van der Waals surface area contributed by atoms with Crippen molar-refractivity contribution < 1.29 is 13.2 Å². The highest BCUT2D eigenvalue weighted by Crippen LogP contribution is 2.34. The maximum Gasteiger partial charge on any atom is 0.418 e. The molecule has 0 radical (unpaired) electrons. The third-order valence-electron chi connectivity index (χ3n) is 3.01. The summed E-state index contributed by atoms with van der Waals surface area (Å²) in [4.78, 5) is 0. The monoisotopic (exact) mass is 299 g/mol. The van der Waals surface area contributed by atoms with Gasteiger partial charge in [-0.3, -0.25) is 0 Å². The van der Waals surface area contributed by atoms with Gasteiger partial charge in [-0.2, -0.15) is 13.2 Å². The lowest BCUT2D eigenvalue weighted by molar-refractivity contribution is -0.136. The van der Waals surface area contributed by atoms with Crippen molar-refractivity contribution in [1.82, 2.24) is 0 Å². The molecule has 20 heavy (non-hydrogen) atoms. The molecule has 0 atom stereocenters. The first-order valence-electron chi connectivity index (χ1n) is 6.03. The Bertz CT molecular complexity index is 608. The zero-order valence-corrected chi connectivity index (χ0v) is 11.5. The van der Waals surface area contributed by atoms with Gasteiger partial charge in [-0.05, 0) is 42.3 Å². The van der Waals surface area contributed by atoms with Gasteiger partial charge in [0.1, 0.15) is 0 Å². The molecule has 0 aliphatic rings. The normalized spacial score (nSPS) is 11.4. The van der Waals surface area contributed by atoms with E-state index in [2.05, 4.69) is 5.32 Å². The summed E-state index contributed by atoms with van der Waals surface area (Å²) in [7, 11) is 0. The molecule has 1 nitrogen and oxygen atoms in total. The molecule has 0 saturated carbocycles. The molecule has 0 aromatic heterocycles. The third-order valence-corrected chi connectivity index (χ3v) is 3.24. The molecule has 2 aromatic rings. The highest BCUT2D eigenvalue weighted by Gasteiger charge is 2.32. The molecular formula is C15H13ClF3N. The highest BCUT2D eigenvalue weighted by atomic mass is 35.5. The predicted molar refractivity (Wildman–Crippen MR) is 75.0 cm³/mol. The molecule has 0 bridgehead atoms. The van der Waals surface area contributed by atoms with Crippen molar-refractivity contribution in [3.05, 3.63) is 64.2 Å². The van der Waals surface area contributed by atoms with Crippen LogP contribution >= 0.6 is 11.6 Å². The SMILES string of the molecule is Cc1cc(Cl)ccc1CNc1ccccc1C(F)(F)F. The fourth-order valence-electron chi connectivity index (χ4n) is 1.93. The Hall–Kier alpha value is -1.68. The third kappa shape index (κ3) is 3.45. The number of hydrogen-bond donors (Lipinski definition) is 1. The summed E-state index contributed by atoms with van der Waals surface area (Å²) >= 11 is 5.85. The van der Waals surface area contributed by atoms with Crippen LogP contribution in [0.15, 0.2) is 42.5 Å². The average molecular weight is 300 g/mol. The van der Waals surface area contributed by atoms with E-state index in [9.17, 15) is 13.2 Å². The van der Waals surface area contributed by atoms with Crippen molar-refractivity contribution in [3.63, 3.8) is 0 Å². The van der Waals surface area contributed by atoms with E-state index in [1.807, 2.05) is 6.92 Å². The van der Waals surface area contributed by atoms with Crippen molar-refractivity contribution in [2.24, 2.45) is 0 Å². The van der Waals surface area contributed by atoms with Crippen LogP contribution in [0.2, 0.25) is 5.02 Å². The molecule has 0 unspecified atom stereocenters. The molecule has 0 fully saturated rings. The van der Waals surface area contributed by atoms with Crippen molar-refractivity contribution in [1.29, 1.82) is 0 Å². The van der Waals surface area contributed by atoms with Crippen molar-refractivity contribution >= 4 is 17.3 Å². The number of rotatable bonds is 3. The van der Waals surface area contributed by atoms with E-state index in [0.717, 1.165) is 17.2 Å². The Morgan fingerprint density at radius 1 is 1.10 bits per heavy atom. The van der Waals surface area contributed by atoms with Crippen LogP contribution in [0.5, 0.6) is 0 Å². The zero-order valence-electron chi connectivity index (χ0n) is 10.8. The van der Waals surface area contributed by atoms with Gasteiger partial charge in [0, 0.05) is 17.3 Å². The van der Waals surface area contributed by atoms with E-state index in [0.29, 0.717) is 11.6 Å². The summed E-state index contributed by atoms with van der Waals surface area (Å²) in [6, 6.07) is 10.8. The number of alkyl halides is 3. The van der Waals surface area contributed by atoms with Gasteiger partial charge in [-0.15, -0.1) is 0 Å². The van der Waals surface area contributed by atoms with E-state index >= 15 is 0 Å². The Labute approximate surface area is 120 Å². The molecule has 5 heteroatoms. The second-order valence-electron chi connectivity index (χ2n) is 4.47. The number of nitrogens with one attached hydrogen (secondary N) is 1. The summed E-state index contributed by atoms with van der Waals surface area (Å²) in [5, 5.41) is 3.45. The largest absolute Gasteiger partial charge is 0.418 e. The predicted octanol–water partition coefficient (Wildman–Crippen LogP) is 5.28. The van der Waals surface area contributed by atoms with Gasteiger partial charge < -0.3 is 5.32 Å². The first-order valence-corrected chi connectivity index (χ1v) is 6.41. The molecule has 2 rings (SSSR count). The first kappa shape index (κ1) is 14.7. The molecule has 0 heterocycles. The van der Waals surface area contributed by atoms with Gasteiger partial charge in [0.2, 0.25) is 0 Å². The van der Waals surface area contributed by atoms with E-state index in [1.54, 1.807) is 24.3 Å². The summed E-state index contributed by atoms with van der Waals surface area (Å²) in [5.41, 5.74) is 1.27. The van der Waals surface area contributed by atoms with Crippen LogP contribution in [0, 0.1) is 6.92 Å². The number of benzene rings is 2. The zero-order chi connectivity index (χ0) is 14.8. The fraction of sp³-hybridized carbons (Fsp3) is 0.200. The average Bonchev–Trinajstić information content (AvgIpc) is 2.37. The summed E-state index contributed by atoms with van der Waals surface area (Å²) in [5.74, 6) is 0. The van der Waals surface area contributed by atoms with Crippen LogP contribution in [0.3, 0.4) is 0 Å². The number of para-hydroxylation sites is 1. The second kappa shape index (κ2) is 5.75. The molecule has 2 aromatic carbocycles. The van der Waals surface area contributed by atoms with Crippen LogP contribution in [0.25, 0.3) is 0 Å². The van der Waals surface area contributed by atoms with Gasteiger partial charge in [0.25, 0.3) is 0 Å². The van der Waals surface area contributed by atoms with Crippen molar-refractivity contribution in [3.8, 4) is 0 Å². The van der Waals surface area contributed by atoms with Crippen LogP contribution < -0.4 is 5.32 Å². The van der Waals surface area contributed by atoms with Crippen molar-refractivity contribution in [2.75, 3.05) is 5.32 Å². The van der Waals surface area contributed by atoms with Crippen LogP contribution in [-0.2, 0) is 12.7 Å². The van der Waals surface area contributed by atoms with E-state index in [-0.39, 0.29) is 5.69 Å². The molecule has 0 spiro atoms. The molecule has 0 aliphatic carbocycles. The minimum atomic E-state index is -4.36. The molecule has 0 amide bonds. The van der Waals surface area contributed by atoms with Gasteiger partial charge in [0.05, 0.1) is 5.56 Å². The molecule has 106 valence electrons. The minimum absolute atomic E-state index is 0.0781. The Kier molecular flexibility index (Phi) is 4.23.